The number of hydrogen-bond acceptors (Lipinski definition) is 6. The Balaban J connectivity index is 0.00000280. The molecule has 9 heteroatoms. The quantitative estimate of drug-likeness (QED) is 0.734. The first-order valence-electron chi connectivity index (χ1n) is 8.45. The second kappa shape index (κ2) is 8.91. The van der Waals surface area contributed by atoms with E-state index >= 15 is 0 Å². The zero-order chi connectivity index (χ0) is 19.6. The molecule has 0 aliphatic carbocycles. The van der Waals surface area contributed by atoms with Crippen LogP contribution in [0.4, 0.5) is 0 Å². The molecule has 2 aromatic rings. The van der Waals surface area contributed by atoms with Crippen molar-refractivity contribution in [1.82, 2.24) is 4.31 Å². The van der Waals surface area contributed by atoms with Crippen LogP contribution < -0.4 is 10.5 Å². The van der Waals surface area contributed by atoms with Crippen molar-refractivity contribution in [3.8, 4) is 5.75 Å². The van der Waals surface area contributed by atoms with E-state index in [0.29, 0.717) is 0 Å². The molecule has 2 aromatic carbocycles. The van der Waals surface area contributed by atoms with Gasteiger partial charge in [0.1, 0.15) is 10.6 Å². The first-order valence-corrected chi connectivity index (χ1v) is 9.89. The summed E-state index contributed by atoms with van der Waals surface area (Å²) in [6.45, 7) is 0.451. The molecule has 1 heterocycles. The topological polar surface area (TPSA) is 98.9 Å². The molecule has 0 spiro atoms. The normalized spacial score (nSPS) is 19.7. The van der Waals surface area contributed by atoms with Gasteiger partial charge in [0.05, 0.1) is 19.8 Å². The van der Waals surface area contributed by atoms with Crippen LogP contribution in [0.5, 0.6) is 5.75 Å². The number of benzene rings is 2. The average Bonchev–Trinajstić information content (AvgIpc) is 3.10. The van der Waals surface area contributed by atoms with E-state index in [-0.39, 0.29) is 53.7 Å². The Hall–Kier alpha value is -2.13. The van der Waals surface area contributed by atoms with Gasteiger partial charge in [-0.25, -0.2) is 13.2 Å². The predicted octanol–water partition coefficient (Wildman–Crippen LogP) is 2.02. The first kappa shape index (κ1) is 22.2. The molecule has 0 aromatic heterocycles. The summed E-state index contributed by atoms with van der Waals surface area (Å²) in [4.78, 5) is 11.7. The molecule has 0 amide bonds. The van der Waals surface area contributed by atoms with Gasteiger partial charge in [0.15, 0.2) is 0 Å². The van der Waals surface area contributed by atoms with E-state index in [4.69, 9.17) is 10.5 Å². The average molecular weight is 427 g/mol. The maximum Gasteiger partial charge on any atom is 0.337 e. The number of hydrogen-bond donors (Lipinski definition) is 1. The van der Waals surface area contributed by atoms with Gasteiger partial charge in [-0.2, -0.15) is 4.31 Å². The summed E-state index contributed by atoms with van der Waals surface area (Å²) < 4.78 is 37.7. The Bertz CT molecular complexity index is 937. The Labute approximate surface area is 170 Å². The molecule has 1 fully saturated rings. The molecule has 2 atom stereocenters. The first-order chi connectivity index (χ1) is 12.9. The fourth-order valence-electron chi connectivity index (χ4n) is 3.30. The molecule has 1 saturated heterocycles. The smallest absolute Gasteiger partial charge is 0.337 e. The number of ether oxygens (including phenoxy) is 2. The monoisotopic (exact) mass is 426 g/mol. The van der Waals surface area contributed by atoms with Crippen LogP contribution in [0.2, 0.25) is 0 Å². The lowest BCUT2D eigenvalue weighted by molar-refractivity contribution is 0.0600. The predicted molar refractivity (Wildman–Crippen MR) is 107 cm³/mol. The van der Waals surface area contributed by atoms with Crippen molar-refractivity contribution in [2.24, 2.45) is 5.73 Å². The molecule has 28 heavy (non-hydrogen) atoms. The van der Waals surface area contributed by atoms with Gasteiger partial charge in [0, 0.05) is 25.0 Å². The number of sulfonamides is 1. The highest BCUT2D eigenvalue weighted by Crippen LogP contribution is 2.34. The van der Waals surface area contributed by atoms with Crippen molar-refractivity contribution < 1.29 is 22.7 Å². The van der Waals surface area contributed by atoms with Crippen LogP contribution in [-0.4, -0.2) is 52.0 Å². The van der Waals surface area contributed by atoms with Crippen LogP contribution in [0.25, 0.3) is 0 Å². The van der Waals surface area contributed by atoms with E-state index in [1.807, 2.05) is 30.3 Å². The third kappa shape index (κ3) is 4.15. The summed E-state index contributed by atoms with van der Waals surface area (Å²) in [6, 6.07) is 13.5. The van der Waals surface area contributed by atoms with E-state index in [1.54, 1.807) is 0 Å². The summed E-state index contributed by atoms with van der Waals surface area (Å²) in [6.07, 6.45) is 0. The number of nitrogens with two attached hydrogens (primary N) is 1. The van der Waals surface area contributed by atoms with E-state index < -0.39 is 16.0 Å². The van der Waals surface area contributed by atoms with Crippen LogP contribution in [0.15, 0.2) is 53.4 Å². The van der Waals surface area contributed by atoms with Gasteiger partial charge in [-0.05, 0) is 23.8 Å². The molecule has 1 aliphatic rings. The fraction of sp³-hybridized carbons (Fsp3) is 0.316. The van der Waals surface area contributed by atoms with Crippen LogP contribution in [0.1, 0.15) is 21.8 Å². The molecule has 3 rings (SSSR count). The Morgan fingerprint density at radius 2 is 1.79 bits per heavy atom. The molecule has 0 saturated carbocycles. The molecular weight excluding hydrogens is 404 g/mol. The number of carbonyl (C=O) groups excluding carboxylic acids is 1. The summed E-state index contributed by atoms with van der Waals surface area (Å²) in [7, 11) is -1.27. The molecule has 152 valence electrons. The highest BCUT2D eigenvalue weighted by molar-refractivity contribution is 7.89. The van der Waals surface area contributed by atoms with Gasteiger partial charge >= 0.3 is 5.97 Å². The molecule has 1 aliphatic heterocycles. The number of nitrogens with zero attached hydrogens (tertiary/aromatic N) is 1. The minimum Gasteiger partial charge on any atom is -0.495 e. The minimum atomic E-state index is -3.90. The Morgan fingerprint density at radius 1 is 1.11 bits per heavy atom. The third-order valence-electron chi connectivity index (χ3n) is 4.76. The van der Waals surface area contributed by atoms with Crippen molar-refractivity contribution in [1.29, 1.82) is 0 Å². The SMILES string of the molecule is COC(=O)c1ccc(OC)c(S(=O)(=O)N2C[C@@H](N)[C@H](c3ccccc3)C2)c1.Cl. The van der Waals surface area contributed by atoms with Gasteiger partial charge in [-0.3, -0.25) is 0 Å². The molecule has 0 unspecified atom stereocenters. The number of methoxy groups -OCH3 is 2. The zero-order valence-corrected chi connectivity index (χ0v) is 17.2. The lowest BCUT2D eigenvalue weighted by Gasteiger charge is -2.19. The van der Waals surface area contributed by atoms with Crippen LogP contribution in [0.3, 0.4) is 0 Å². The van der Waals surface area contributed by atoms with Crippen LogP contribution >= 0.6 is 12.4 Å². The van der Waals surface area contributed by atoms with Crippen molar-refractivity contribution >= 4 is 28.4 Å². The second-order valence-corrected chi connectivity index (χ2v) is 8.27. The van der Waals surface area contributed by atoms with Crippen molar-refractivity contribution in [2.75, 3.05) is 27.3 Å². The largest absolute Gasteiger partial charge is 0.495 e. The summed E-state index contributed by atoms with van der Waals surface area (Å²) in [5, 5.41) is 0. The summed E-state index contributed by atoms with van der Waals surface area (Å²) >= 11 is 0. The number of halogens is 1. The van der Waals surface area contributed by atoms with Gasteiger partial charge in [-0.15, -0.1) is 12.4 Å². The lowest BCUT2D eigenvalue weighted by Crippen LogP contribution is -2.32. The van der Waals surface area contributed by atoms with E-state index in [2.05, 4.69) is 4.74 Å². The fourth-order valence-corrected chi connectivity index (χ4v) is 4.99. The lowest BCUT2D eigenvalue weighted by atomic mass is 9.95. The van der Waals surface area contributed by atoms with Gasteiger partial charge in [-0.1, -0.05) is 30.3 Å². The summed E-state index contributed by atoms with van der Waals surface area (Å²) in [5.41, 5.74) is 7.37. The van der Waals surface area contributed by atoms with E-state index in [9.17, 15) is 13.2 Å². The standard InChI is InChI=1S/C19H22N2O5S.ClH/c1-25-17-9-8-14(19(22)26-2)10-18(17)27(23,24)21-11-15(16(20)12-21)13-6-4-3-5-7-13;/h3-10,15-16H,11-12,20H2,1-2H3;1H/t15-,16+;/m0./s1. The summed E-state index contributed by atoms with van der Waals surface area (Å²) in [5.74, 6) is -0.551. The molecule has 0 bridgehead atoms. The van der Waals surface area contributed by atoms with Gasteiger partial charge in [0.25, 0.3) is 0 Å². The number of esters is 1. The van der Waals surface area contributed by atoms with Crippen molar-refractivity contribution in [3.63, 3.8) is 0 Å². The Morgan fingerprint density at radius 3 is 2.39 bits per heavy atom. The van der Waals surface area contributed by atoms with Crippen molar-refractivity contribution in [2.45, 2.75) is 16.9 Å². The molecule has 7 nitrogen and oxygen atoms in total. The minimum absolute atomic E-state index is 0. The van der Waals surface area contributed by atoms with Crippen molar-refractivity contribution in [3.05, 3.63) is 59.7 Å². The maximum atomic E-state index is 13.2. The number of rotatable bonds is 5. The van der Waals surface area contributed by atoms with Gasteiger partial charge < -0.3 is 15.2 Å². The van der Waals surface area contributed by atoms with E-state index in [0.717, 1.165) is 5.56 Å². The second-order valence-electron chi connectivity index (χ2n) is 6.36. The molecular formula is C19H23ClN2O5S. The van der Waals surface area contributed by atoms with Crippen LogP contribution in [-0.2, 0) is 14.8 Å². The maximum absolute atomic E-state index is 13.2. The third-order valence-corrected chi connectivity index (χ3v) is 6.61. The van der Waals surface area contributed by atoms with Gasteiger partial charge in [0.2, 0.25) is 10.0 Å². The van der Waals surface area contributed by atoms with E-state index in [1.165, 1.54) is 36.7 Å². The van der Waals surface area contributed by atoms with Crippen LogP contribution in [0, 0.1) is 0 Å². The highest BCUT2D eigenvalue weighted by atomic mass is 35.5. The molecule has 0 radical (unpaired) electrons. The molecule has 2 N–H and O–H groups in total. The zero-order valence-electron chi connectivity index (χ0n) is 15.6. The Kier molecular flexibility index (Phi) is 7.06. The highest BCUT2D eigenvalue weighted by Gasteiger charge is 2.39. The number of carbonyl (C=O) groups is 1.